The topological polar surface area (TPSA) is 81.0 Å². The van der Waals surface area contributed by atoms with Gasteiger partial charge in [0.05, 0.1) is 37.3 Å². The van der Waals surface area contributed by atoms with Crippen LogP contribution in [-0.2, 0) is 26.2 Å². The first kappa shape index (κ1) is 18.5. The van der Waals surface area contributed by atoms with Crippen molar-refractivity contribution >= 4 is 16.9 Å². The molecule has 0 radical (unpaired) electrons. The molecule has 0 amide bonds. The molecular formula is C22H23N7O. The highest BCUT2D eigenvalue weighted by molar-refractivity contribution is 5.84. The highest BCUT2D eigenvalue weighted by atomic mass is 16.5. The summed E-state index contributed by atoms with van der Waals surface area (Å²) < 4.78 is 7.57. The number of methoxy groups -OCH3 is 1. The van der Waals surface area contributed by atoms with Crippen LogP contribution < -0.4 is 10.1 Å². The third kappa shape index (κ3) is 3.81. The third-order valence-electron chi connectivity index (χ3n) is 5.27. The van der Waals surface area contributed by atoms with Crippen molar-refractivity contribution in [3.8, 4) is 5.75 Å². The van der Waals surface area contributed by atoms with Crippen LogP contribution in [0, 0.1) is 0 Å². The molecule has 8 nitrogen and oxygen atoms in total. The molecule has 1 N–H and O–H groups in total. The predicted molar refractivity (Wildman–Crippen MR) is 114 cm³/mol. The number of hydrogen-bond acceptors (Lipinski definition) is 7. The molecule has 0 unspecified atom stereocenters. The first-order valence-electron chi connectivity index (χ1n) is 10.00. The summed E-state index contributed by atoms with van der Waals surface area (Å²) in [6, 6.07) is 14.2. The second-order valence-corrected chi connectivity index (χ2v) is 7.32. The van der Waals surface area contributed by atoms with Crippen molar-refractivity contribution in [2.24, 2.45) is 0 Å². The van der Waals surface area contributed by atoms with Crippen molar-refractivity contribution in [2.45, 2.75) is 26.2 Å². The van der Waals surface area contributed by atoms with Gasteiger partial charge in [0.2, 0.25) is 5.95 Å². The molecule has 8 heteroatoms. The van der Waals surface area contributed by atoms with E-state index >= 15 is 0 Å². The summed E-state index contributed by atoms with van der Waals surface area (Å²) in [6.07, 6.45) is 3.45. The average molecular weight is 401 g/mol. The van der Waals surface area contributed by atoms with Gasteiger partial charge in [-0.3, -0.25) is 9.58 Å². The van der Waals surface area contributed by atoms with E-state index in [1.54, 1.807) is 25.6 Å². The Morgan fingerprint density at radius 2 is 1.93 bits per heavy atom. The summed E-state index contributed by atoms with van der Waals surface area (Å²) >= 11 is 0. The zero-order chi connectivity index (χ0) is 20.3. The van der Waals surface area contributed by atoms with E-state index in [-0.39, 0.29) is 0 Å². The van der Waals surface area contributed by atoms with Crippen LogP contribution in [0.3, 0.4) is 0 Å². The average Bonchev–Trinajstić information content (AvgIpc) is 3.20. The second kappa shape index (κ2) is 8.08. The van der Waals surface area contributed by atoms with E-state index < -0.39 is 0 Å². The van der Waals surface area contributed by atoms with Crippen molar-refractivity contribution in [1.82, 2.24) is 29.6 Å². The number of pyridine rings is 1. The number of benzene rings is 1. The maximum absolute atomic E-state index is 5.47. The van der Waals surface area contributed by atoms with Gasteiger partial charge in [0.15, 0.2) is 0 Å². The van der Waals surface area contributed by atoms with Gasteiger partial charge in [0.25, 0.3) is 0 Å². The molecule has 3 aromatic heterocycles. The number of nitrogens with one attached hydrogen (secondary N) is 1. The highest BCUT2D eigenvalue weighted by Gasteiger charge is 2.19. The van der Waals surface area contributed by atoms with Crippen LogP contribution in [-0.4, -0.2) is 43.3 Å². The molecule has 1 aromatic carbocycles. The van der Waals surface area contributed by atoms with Crippen molar-refractivity contribution in [2.75, 3.05) is 19.0 Å². The van der Waals surface area contributed by atoms with Crippen LogP contribution in [0.25, 0.3) is 10.9 Å². The quantitative estimate of drug-likeness (QED) is 0.532. The molecule has 0 bridgehead atoms. The van der Waals surface area contributed by atoms with E-state index in [1.165, 1.54) is 5.69 Å². The molecule has 152 valence electrons. The van der Waals surface area contributed by atoms with Crippen molar-refractivity contribution in [3.05, 3.63) is 71.9 Å². The number of aromatic nitrogens is 5. The summed E-state index contributed by atoms with van der Waals surface area (Å²) in [6.45, 7) is 4.06. The predicted octanol–water partition coefficient (Wildman–Crippen LogP) is 2.86. The molecule has 0 saturated heterocycles. The zero-order valence-electron chi connectivity index (χ0n) is 16.8. The van der Waals surface area contributed by atoms with E-state index in [2.05, 4.69) is 49.1 Å². The van der Waals surface area contributed by atoms with Gasteiger partial charge in [-0.15, -0.1) is 0 Å². The van der Waals surface area contributed by atoms with E-state index in [0.717, 1.165) is 54.2 Å². The number of para-hydroxylation sites is 1. The lowest BCUT2D eigenvalue weighted by Gasteiger charge is -2.27. The Bertz CT molecular complexity index is 1160. The smallest absolute Gasteiger partial charge is 0.222 e. The van der Waals surface area contributed by atoms with E-state index in [1.807, 2.05) is 12.1 Å². The van der Waals surface area contributed by atoms with Crippen LogP contribution in [0.4, 0.5) is 5.95 Å². The molecule has 0 saturated carbocycles. The standard InChI is InChI=1S/C22H23N7O/c1-30-20-5-2-4-16-6-7-17(26-21(16)20)14-28-10-11-29-19(15-28)12-18(27-29)13-25-22-23-8-3-9-24-22/h2-9,12H,10-11,13-15H2,1H3,(H,23,24,25). The Morgan fingerprint density at radius 3 is 2.80 bits per heavy atom. The summed E-state index contributed by atoms with van der Waals surface area (Å²) in [7, 11) is 1.69. The number of nitrogens with zero attached hydrogens (tertiary/aromatic N) is 6. The Kier molecular flexibility index (Phi) is 4.98. The number of fused-ring (bicyclic) bond motifs is 2. The molecular weight excluding hydrogens is 378 g/mol. The van der Waals surface area contributed by atoms with Crippen LogP contribution >= 0.6 is 0 Å². The SMILES string of the molecule is COc1cccc2ccc(CN3CCn4nc(CNc5ncccn5)cc4C3)nc12. The second-order valence-electron chi connectivity index (χ2n) is 7.32. The highest BCUT2D eigenvalue weighted by Crippen LogP contribution is 2.24. The fourth-order valence-corrected chi connectivity index (χ4v) is 3.80. The van der Waals surface area contributed by atoms with Gasteiger partial charge in [-0.2, -0.15) is 5.10 Å². The Morgan fingerprint density at radius 1 is 1.03 bits per heavy atom. The summed E-state index contributed by atoms with van der Waals surface area (Å²) in [5, 5.41) is 9.02. The lowest BCUT2D eigenvalue weighted by molar-refractivity contribution is 0.203. The maximum Gasteiger partial charge on any atom is 0.222 e. The normalized spacial score (nSPS) is 13.9. The molecule has 4 aromatic rings. The van der Waals surface area contributed by atoms with Gasteiger partial charge in [0.1, 0.15) is 11.3 Å². The van der Waals surface area contributed by atoms with E-state index in [0.29, 0.717) is 12.5 Å². The van der Waals surface area contributed by atoms with Crippen LogP contribution in [0.2, 0.25) is 0 Å². The number of rotatable bonds is 6. The first-order chi connectivity index (χ1) is 14.8. The van der Waals surface area contributed by atoms with Gasteiger partial charge in [-0.1, -0.05) is 18.2 Å². The lowest BCUT2D eigenvalue weighted by Crippen LogP contribution is -2.33. The molecule has 1 aliphatic heterocycles. The minimum atomic E-state index is 0.607. The van der Waals surface area contributed by atoms with Gasteiger partial charge < -0.3 is 10.1 Å². The molecule has 0 atom stereocenters. The molecule has 5 rings (SSSR count). The minimum Gasteiger partial charge on any atom is -0.494 e. The van der Waals surface area contributed by atoms with Crippen LogP contribution in [0.5, 0.6) is 5.75 Å². The molecule has 0 spiro atoms. The molecule has 0 aliphatic carbocycles. The van der Waals surface area contributed by atoms with Crippen molar-refractivity contribution < 1.29 is 4.74 Å². The lowest BCUT2D eigenvalue weighted by atomic mass is 10.2. The number of anilines is 1. The Labute approximate surface area is 174 Å². The fourth-order valence-electron chi connectivity index (χ4n) is 3.80. The molecule has 0 fully saturated rings. The Balaban J connectivity index is 1.27. The largest absolute Gasteiger partial charge is 0.494 e. The summed E-state index contributed by atoms with van der Waals surface area (Å²) in [5.74, 6) is 1.42. The van der Waals surface area contributed by atoms with Gasteiger partial charge in [-0.05, 0) is 24.3 Å². The maximum atomic E-state index is 5.47. The van der Waals surface area contributed by atoms with Gasteiger partial charge in [-0.25, -0.2) is 15.0 Å². The summed E-state index contributed by atoms with van der Waals surface area (Å²) in [4.78, 5) is 15.6. The third-order valence-corrected chi connectivity index (χ3v) is 5.27. The summed E-state index contributed by atoms with van der Waals surface area (Å²) in [5.41, 5.74) is 4.16. The van der Waals surface area contributed by atoms with Crippen molar-refractivity contribution in [1.29, 1.82) is 0 Å². The number of hydrogen-bond donors (Lipinski definition) is 1. The molecule has 1 aliphatic rings. The molecule has 30 heavy (non-hydrogen) atoms. The van der Waals surface area contributed by atoms with Crippen LogP contribution in [0.1, 0.15) is 17.1 Å². The first-order valence-corrected chi connectivity index (χ1v) is 10.00. The fraction of sp³-hybridized carbons (Fsp3) is 0.273. The molecule has 4 heterocycles. The monoisotopic (exact) mass is 401 g/mol. The Hall–Kier alpha value is -3.52. The minimum absolute atomic E-state index is 0.607. The number of ether oxygens (including phenoxy) is 1. The van der Waals surface area contributed by atoms with Crippen molar-refractivity contribution in [3.63, 3.8) is 0 Å². The van der Waals surface area contributed by atoms with Gasteiger partial charge >= 0.3 is 0 Å². The zero-order valence-corrected chi connectivity index (χ0v) is 16.8. The van der Waals surface area contributed by atoms with Crippen LogP contribution in [0.15, 0.2) is 54.9 Å². The van der Waals surface area contributed by atoms with E-state index in [9.17, 15) is 0 Å². The van der Waals surface area contributed by atoms with Gasteiger partial charge in [0, 0.05) is 37.4 Å². The van der Waals surface area contributed by atoms with E-state index in [4.69, 9.17) is 14.8 Å².